The Morgan fingerprint density at radius 3 is 2.65 bits per heavy atom. The van der Waals surface area contributed by atoms with E-state index in [-0.39, 0.29) is 6.10 Å². The molecule has 1 N–H and O–H groups in total. The van der Waals surface area contributed by atoms with E-state index in [2.05, 4.69) is 33.7 Å². The maximum absolute atomic E-state index is 6.02. The number of aryl methyl sites for hydroxylation is 1. The van der Waals surface area contributed by atoms with Gasteiger partial charge in [-0.3, -0.25) is 0 Å². The number of imidazole rings is 1. The SMILES string of the molecule is C[C@@H]1CCC[C@H](N2CCC(N[C@H]3CCO[C@@H](c4cncn4C)C3)CC2)C1. The van der Waals surface area contributed by atoms with Gasteiger partial charge < -0.3 is 19.5 Å². The molecule has 4 atom stereocenters. The topological polar surface area (TPSA) is 42.3 Å². The van der Waals surface area contributed by atoms with Crippen LogP contribution in [0.1, 0.15) is 70.1 Å². The summed E-state index contributed by atoms with van der Waals surface area (Å²) in [6.45, 7) is 5.85. The molecule has 1 aromatic heterocycles. The van der Waals surface area contributed by atoms with Gasteiger partial charge in [0.25, 0.3) is 0 Å². The highest BCUT2D eigenvalue weighted by Crippen LogP contribution is 2.31. The first kappa shape index (κ1) is 18.5. The van der Waals surface area contributed by atoms with E-state index in [1.54, 1.807) is 0 Å². The molecule has 0 amide bonds. The van der Waals surface area contributed by atoms with E-state index in [0.717, 1.165) is 31.4 Å². The number of hydrogen-bond acceptors (Lipinski definition) is 4. The van der Waals surface area contributed by atoms with Crippen LogP contribution in [0, 0.1) is 5.92 Å². The number of aromatic nitrogens is 2. The minimum absolute atomic E-state index is 0.192. The van der Waals surface area contributed by atoms with Crippen molar-refractivity contribution in [2.75, 3.05) is 19.7 Å². The van der Waals surface area contributed by atoms with Gasteiger partial charge in [-0.1, -0.05) is 19.8 Å². The van der Waals surface area contributed by atoms with E-state index in [0.29, 0.717) is 12.1 Å². The van der Waals surface area contributed by atoms with E-state index in [1.807, 2.05) is 12.5 Å². The molecule has 4 rings (SSSR count). The lowest BCUT2D eigenvalue weighted by atomic mass is 9.85. The molecule has 1 saturated carbocycles. The summed E-state index contributed by atoms with van der Waals surface area (Å²) in [5.74, 6) is 0.927. The van der Waals surface area contributed by atoms with Crippen LogP contribution in [0.5, 0.6) is 0 Å². The molecule has 2 aliphatic heterocycles. The molecular weight excluding hydrogens is 324 g/mol. The molecule has 26 heavy (non-hydrogen) atoms. The van der Waals surface area contributed by atoms with E-state index in [1.165, 1.54) is 57.3 Å². The van der Waals surface area contributed by atoms with Crippen molar-refractivity contribution in [2.24, 2.45) is 13.0 Å². The van der Waals surface area contributed by atoms with Gasteiger partial charge in [-0.25, -0.2) is 4.98 Å². The van der Waals surface area contributed by atoms with Crippen LogP contribution in [-0.2, 0) is 11.8 Å². The van der Waals surface area contributed by atoms with Gasteiger partial charge in [-0.2, -0.15) is 0 Å². The number of rotatable bonds is 4. The Balaban J connectivity index is 1.24. The zero-order chi connectivity index (χ0) is 17.9. The van der Waals surface area contributed by atoms with Crippen LogP contribution in [0.3, 0.4) is 0 Å². The molecule has 2 saturated heterocycles. The number of ether oxygens (including phenoxy) is 1. The van der Waals surface area contributed by atoms with Crippen LogP contribution in [0.2, 0.25) is 0 Å². The van der Waals surface area contributed by atoms with Crippen LogP contribution >= 0.6 is 0 Å². The Hall–Kier alpha value is -0.910. The van der Waals surface area contributed by atoms with Gasteiger partial charge >= 0.3 is 0 Å². The summed E-state index contributed by atoms with van der Waals surface area (Å²) in [5.41, 5.74) is 1.21. The number of piperidine rings is 1. The zero-order valence-corrected chi connectivity index (χ0v) is 16.6. The highest BCUT2D eigenvalue weighted by Gasteiger charge is 2.31. The van der Waals surface area contributed by atoms with E-state index >= 15 is 0 Å². The maximum Gasteiger partial charge on any atom is 0.100 e. The molecule has 0 spiro atoms. The third-order valence-corrected chi connectivity index (χ3v) is 6.89. The molecule has 3 aliphatic rings. The van der Waals surface area contributed by atoms with Crippen molar-refractivity contribution in [1.82, 2.24) is 19.8 Å². The molecule has 5 heteroatoms. The van der Waals surface area contributed by atoms with Gasteiger partial charge in [-0.15, -0.1) is 0 Å². The molecule has 1 aliphatic carbocycles. The van der Waals surface area contributed by atoms with Crippen LogP contribution in [-0.4, -0.2) is 52.3 Å². The molecule has 1 aromatic rings. The normalized spacial score (nSPS) is 34.8. The van der Waals surface area contributed by atoms with Crippen LogP contribution in [0.4, 0.5) is 0 Å². The summed E-state index contributed by atoms with van der Waals surface area (Å²) < 4.78 is 8.11. The van der Waals surface area contributed by atoms with Gasteiger partial charge in [0.15, 0.2) is 0 Å². The Morgan fingerprint density at radius 2 is 1.92 bits per heavy atom. The predicted molar refractivity (Wildman–Crippen MR) is 104 cm³/mol. The van der Waals surface area contributed by atoms with Crippen molar-refractivity contribution in [3.05, 3.63) is 18.2 Å². The average molecular weight is 361 g/mol. The molecule has 3 heterocycles. The first-order valence-corrected chi connectivity index (χ1v) is 10.8. The van der Waals surface area contributed by atoms with Gasteiger partial charge in [0.1, 0.15) is 6.10 Å². The molecule has 146 valence electrons. The lowest BCUT2D eigenvalue weighted by molar-refractivity contribution is -0.00791. The largest absolute Gasteiger partial charge is 0.372 e. The van der Waals surface area contributed by atoms with Crippen molar-refractivity contribution in [1.29, 1.82) is 0 Å². The smallest absolute Gasteiger partial charge is 0.100 e. The van der Waals surface area contributed by atoms with E-state index < -0.39 is 0 Å². The summed E-state index contributed by atoms with van der Waals surface area (Å²) in [6.07, 6.45) is 14.6. The second-order valence-electron chi connectivity index (χ2n) is 8.91. The summed E-state index contributed by atoms with van der Waals surface area (Å²) in [7, 11) is 2.06. The Bertz CT molecular complexity index is 566. The van der Waals surface area contributed by atoms with Crippen LogP contribution in [0.15, 0.2) is 12.5 Å². The monoisotopic (exact) mass is 360 g/mol. The number of hydrogen-bond donors (Lipinski definition) is 1. The first-order valence-electron chi connectivity index (χ1n) is 10.8. The van der Waals surface area contributed by atoms with Crippen molar-refractivity contribution >= 4 is 0 Å². The quantitative estimate of drug-likeness (QED) is 0.895. The fourth-order valence-corrected chi connectivity index (χ4v) is 5.33. The third-order valence-electron chi connectivity index (χ3n) is 6.89. The first-order chi connectivity index (χ1) is 12.7. The van der Waals surface area contributed by atoms with Crippen LogP contribution in [0.25, 0.3) is 0 Å². The molecular formula is C21H36N4O. The minimum atomic E-state index is 0.192. The Kier molecular flexibility index (Phi) is 5.97. The number of nitrogens with zero attached hydrogens (tertiary/aromatic N) is 3. The minimum Gasteiger partial charge on any atom is -0.372 e. The molecule has 3 fully saturated rings. The van der Waals surface area contributed by atoms with Crippen molar-refractivity contribution < 1.29 is 4.74 Å². The summed E-state index contributed by atoms with van der Waals surface area (Å²) in [4.78, 5) is 7.04. The standard InChI is InChI=1S/C21H36N4O/c1-16-4-3-5-19(12-16)25-9-6-17(7-10-25)23-18-8-11-26-21(13-18)20-14-22-15-24(20)2/h14-19,21,23H,3-13H2,1-2H3/t16-,18+,19+,21-/m1/s1. The predicted octanol–water partition coefficient (Wildman–Crippen LogP) is 3.27. The van der Waals surface area contributed by atoms with Crippen molar-refractivity contribution in [3.63, 3.8) is 0 Å². The van der Waals surface area contributed by atoms with Gasteiger partial charge in [-0.05, 0) is 57.5 Å². The van der Waals surface area contributed by atoms with Gasteiger partial charge in [0.2, 0.25) is 0 Å². The maximum atomic E-state index is 6.02. The fraction of sp³-hybridized carbons (Fsp3) is 0.857. The van der Waals surface area contributed by atoms with Gasteiger partial charge in [0.05, 0.1) is 18.2 Å². The van der Waals surface area contributed by atoms with Crippen LogP contribution < -0.4 is 5.32 Å². The lowest BCUT2D eigenvalue weighted by Gasteiger charge is -2.42. The second-order valence-corrected chi connectivity index (χ2v) is 8.91. The molecule has 0 aromatic carbocycles. The molecule has 0 radical (unpaired) electrons. The summed E-state index contributed by atoms with van der Waals surface area (Å²) in [6, 6.07) is 2.12. The van der Waals surface area contributed by atoms with Crippen molar-refractivity contribution in [2.45, 2.75) is 82.5 Å². The summed E-state index contributed by atoms with van der Waals surface area (Å²) in [5, 5.41) is 3.97. The lowest BCUT2D eigenvalue weighted by Crippen LogP contribution is -2.50. The average Bonchev–Trinajstić information content (AvgIpc) is 3.09. The Labute approximate surface area is 158 Å². The summed E-state index contributed by atoms with van der Waals surface area (Å²) >= 11 is 0. The number of nitrogens with one attached hydrogen (secondary N) is 1. The third kappa shape index (κ3) is 4.32. The molecule has 0 bridgehead atoms. The molecule has 5 nitrogen and oxygen atoms in total. The molecule has 0 unspecified atom stereocenters. The Morgan fingerprint density at radius 1 is 1.08 bits per heavy atom. The highest BCUT2D eigenvalue weighted by molar-refractivity contribution is 5.04. The fourth-order valence-electron chi connectivity index (χ4n) is 5.33. The van der Waals surface area contributed by atoms with Crippen molar-refractivity contribution in [3.8, 4) is 0 Å². The van der Waals surface area contributed by atoms with E-state index in [4.69, 9.17) is 4.74 Å². The second kappa shape index (κ2) is 8.41. The highest BCUT2D eigenvalue weighted by atomic mass is 16.5. The number of likely N-dealkylation sites (tertiary alicyclic amines) is 1. The van der Waals surface area contributed by atoms with E-state index in [9.17, 15) is 0 Å². The van der Waals surface area contributed by atoms with Gasteiger partial charge in [0, 0.05) is 31.8 Å². The zero-order valence-electron chi connectivity index (χ0n) is 16.6.